The average Bonchev–Trinajstić information content (AvgIpc) is 3.89. The van der Waals surface area contributed by atoms with E-state index in [1.807, 2.05) is 6.07 Å². The molecular weight excluding hydrogens is 729 g/mol. The van der Waals surface area contributed by atoms with E-state index in [1.165, 1.54) is 70.9 Å². The van der Waals surface area contributed by atoms with Gasteiger partial charge in [0, 0.05) is 32.7 Å². The van der Waals surface area contributed by atoms with Crippen molar-refractivity contribution in [2.75, 3.05) is 0 Å². The van der Waals surface area contributed by atoms with Crippen LogP contribution in [-0.2, 0) is 0 Å². The van der Waals surface area contributed by atoms with Gasteiger partial charge in [-0.3, -0.25) is 0 Å². The summed E-state index contributed by atoms with van der Waals surface area (Å²) < 4.78 is 13.5. The lowest BCUT2D eigenvalue weighted by Crippen LogP contribution is -1.91. The van der Waals surface area contributed by atoms with Crippen molar-refractivity contribution in [1.82, 2.24) is 0 Å². The van der Waals surface area contributed by atoms with Crippen molar-refractivity contribution in [3.05, 3.63) is 206 Å². The van der Waals surface area contributed by atoms with Gasteiger partial charge in [-0.25, -0.2) is 0 Å². The molecule has 13 aromatic rings. The molecule has 0 bridgehead atoms. The van der Waals surface area contributed by atoms with Crippen LogP contribution in [0, 0.1) is 0 Å². The predicted octanol–water partition coefficient (Wildman–Crippen LogP) is 16.8. The van der Waals surface area contributed by atoms with Gasteiger partial charge in [0.2, 0.25) is 0 Å². The molecular formula is C58H34O2. The smallest absolute Gasteiger partial charge is 0.143 e. The summed E-state index contributed by atoms with van der Waals surface area (Å²) in [4.78, 5) is 0. The highest BCUT2D eigenvalue weighted by Crippen LogP contribution is 2.50. The molecule has 2 nitrogen and oxygen atoms in total. The summed E-state index contributed by atoms with van der Waals surface area (Å²) in [7, 11) is 0. The third kappa shape index (κ3) is 4.70. The van der Waals surface area contributed by atoms with Crippen LogP contribution in [0.3, 0.4) is 0 Å². The predicted molar refractivity (Wildman–Crippen MR) is 253 cm³/mol. The molecule has 0 saturated heterocycles. The maximum atomic E-state index is 6.88. The molecule has 13 rings (SSSR count). The second kappa shape index (κ2) is 12.8. The first kappa shape index (κ1) is 33.1. The molecule has 2 heterocycles. The number of fused-ring (bicyclic) bond motifs is 10. The quantitative estimate of drug-likeness (QED) is 0.167. The van der Waals surface area contributed by atoms with Crippen LogP contribution in [0.5, 0.6) is 0 Å². The molecule has 2 heteroatoms. The van der Waals surface area contributed by atoms with Gasteiger partial charge in [0.25, 0.3) is 0 Å². The number of hydrogen-bond acceptors (Lipinski definition) is 2. The van der Waals surface area contributed by atoms with E-state index in [4.69, 9.17) is 8.83 Å². The van der Waals surface area contributed by atoms with Gasteiger partial charge in [-0.1, -0.05) is 182 Å². The molecule has 0 aliphatic heterocycles. The second-order valence-corrected chi connectivity index (χ2v) is 15.8. The molecule has 0 amide bonds. The minimum atomic E-state index is 0.872. The molecule has 0 atom stereocenters. The Bertz CT molecular complexity index is 3770. The van der Waals surface area contributed by atoms with Crippen molar-refractivity contribution in [2.24, 2.45) is 0 Å². The minimum absolute atomic E-state index is 0.872. The van der Waals surface area contributed by atoms with Crippen LogP contribution in [0.4, 0.5) is 0 Å². The standard InChI is InChI=1S/C58H34O2/c1-2-16-35(17-3-1)53-38-19-4-6-21-40(38)54(41-22-7-5-20-39(41)53)36-32-33-47-52(34-36)59-51-31-15-28-48(57(47)51)55-42-23-8-10-25-44(42)56(45-26-11-9-24-43(45)55)49-29-14-27-46-37-18-12-13-30-50(37)60-58(46)49/h1-34H. The Hall–Kier alpha value is -7.94. The Labute approximate surface area is 345 Å². The zero-order valence-corrected chi connectivity index (χ0v) is 32.4. The highest BCUT2D eigenvalue weighted by Gasteiger charge is 2.23. The van der Waals surface area contributed by atoms with Crippen molar-refractivity contribution in [3.8, 4) is 44.5 Å². The van der Waals surface area contributed by atoms with Gasteiger partial charge >= 0.3 is 0 Å². The fraction of sp³-hybridized carbons (Fsp3) is 0. The van der Waals surface area contributed by atoms with Crippen LogP contribution < -0.4 is 0 Å². The molecule has 0 spiro atoms. The van der Waals surface area contributed by atoms with Crippen LogP contribution in [0.2, 0.25) is 0 Å². The van der Waals surface area contributed by atoms with Gasteiger partial charge in [0.1, 0.15) is 22.3 Å². The van der Waals surface area contributed by atoms with Gasteiger partial charge < -0.3 is 8.83 Å². The van der Waals surface area contributed by atoms with E-state index in [-0.39, 0.29) is 0 Å². The van der Waals surface area contributed by atoms with E-state index >= 15 is 0 Å². The van der Waals surface area contributed by atoms with Crippen molar-refractivity contribution in [1.29, 1.82) is 0 Å². The van der Waals surface area contributed by atoms with E-state index in [0.717, 1.165) is 60.6 Å². The van der Waals surface area contributed by atoms with E-state index in [9.17, 15) is 0 Å². The number of hydrogen-bond donors (Lipinski definition) is 0. The first-order chi connectivity index (χ1) is 29.8. The summed E-state index contributed by atoms with van der Waals surface area (Å²) in [5.41, 5.74) is 13.0. The maximum absolute atomic E-state index is 6.88. The topological polar surface area (TPSA) is 26.3 Å². The zero-order chi connectivity index (χ0) is 39.3. The molecule has 0 unspecified atom stereocenters. The lowest BCUT2D eigenvalue weighted by molar-refractivity contribution is 0.669. The number of furan rings is 2. The van der Waals surface area contributed by atoms with Crippen molar-refractivity contribution < 1.29 is 8.83 Å². The first-order valence-electron chi connectivity index (χ1n) is 20.6. The average molecular weight is 763 g/mol. The van der Waals surface area contributed by atoms with Gasteiger partial charge in [0.15, 0.2) is 0 Å². The van der Waals surface area contributed by atoms with Crippen molar-refractivity contribution >= 4 is 87.0 Å². The number of rotatable bonds is 4. The highest BCUT2D eigenvalue weighted by atomic mass is 16.3. The number of benzene rings is 11. The monoisotopic (exact) mass is 762 g/mol. The summed E-state index contributed by atoms with van der Waals surface area (Å²) in [6.07, 6.45) is 0. The summed E-state index contributed by atoms with van der Waals surface area (Å²) in [6.45, 7) is 0. The second-order valence-electron chi connectivity index (χ2n) is 15.8. The lowest BCUT2D eigenvalue weighted by Gasteiger charge is -2.18. The third-order valence-corrected chi connectivity index (χ3v) is 12.7. The Morgan fingerprint density at radius 1 is 0.233 bits per heavy atom. The Morgan fingerprint density at radius 3 is 1.30 bits per heavy atom. The Balaban J connectivity index is 1.06. The van der Waals surface area contributed by atoms with Crippen LogP contribution in [-0.4, -0.2) is 0 Å². The van der Waals surface area contributed by atoms with Crippen molar-refractivity contribution in [3.63, 3.8) is 0 Å². The molecule has 2 aromatic heterocycles. The summed E-state index contributed by atoms with van der Waals surface area (Å²) in [5, 5.41) is 14.2. The number of para-hydroxylation sites is 2. The molecule has 0 N–H and O–H groups in total. The normalized spacial score (nSPS) is 12.0. The highest BCUT2D eigenvalue weighted by molar-refractivity contribution is 6.28. The van der Waals surface area contributed by atoms with Gasteiger partial charge in [0.05, 0.1) is 0 Å². The van der Waals surface area contributed by atoms with Gasteiger partial charge in [-0.05, 0) is 101 Å². The maximum Gasteiger partial charge on any atom is 0.143 e. The molecule has 60 heavy (non-hydrogen) atoms. The molecule has 0 saturated carbocycles. The molecule has 0 aliphatic carbocycles. The summed E-state index contributed by atoms with van der Waals surface area (Å²) in [5.74, 6) is 0. The largest absolute Gasteiger partial charge is 0.456 e. The Kier molecular flexibility index (Phi) is 7.05. The van der Waals surface area contributed by atoms with Gasteiger partial charge in [-0.15, -0.1) is 0 Å². The summed E-state index contributed by atoms with van der Waals surface area (Å²) >= 11 is 0. The van der Waals surface area contributed by atoms with E-state index < -0.39 is 0 Å². The SMILES string of the molecule is c1ccc(-c2c3ccccc3c(-c3ccc4c(c3)oc3cccc(-c5c6ccccc6c(-c6cccc7c6oc6ccccc67)c6ccccc56)c34)c3ccccc23)cc1. The van der Waals surface area contributed by atoms with Crippen LogP contribution in [0.25, 0.3) is 131 Å². The molecule has 0 fully saturated rings. The molecule has 0 aliphatic rings. The van der Waals surface area contributed by atoms with Gasteiger partial charge in [-0.2, -0.15) is 0 Å². The Morgan fingerprint density at radius 2 is 0.683 bits per heavy atom. The first-order valence-corrected chi connectivity index (χ1v) is 20.6. The fourth-order valence-corrected chi connectivity index (χ4v) is 10.2. The van der Waals surface area contributed by atoms with Crippen molar-refractivity contribution in [2.45, 2.75) is 0 Å². The van der Waals surface area contributed by atoms with Crippen LogP contribution in [0.15, 0.2) is 215 Å². The molecule has 278 valence electrons. The third-order valence-electron chi connectivity index (χ3n) is 12.7. The van der Waals surface area contributed by atoms with E-state index in [2.05, 4.69) is 200 Å². The lowest BCUT2D eigenvalue weighted by atomic mass is 9.84. The van der Waals surface area contributed by atoms with E-state index in [0.29, 0.717) is 0 Å². The van der Waals surface area contributed by atoms with Crippen LogP contribution >= 0.6 is 0 Å². The van der Waals surface area contributed by atoms with E-state index in [1.54, 1.807) is 0 Å². The zero-order valence-electron chi connectivity index (χ0n) is 32.4. The minimum Gasteiger partial charge on any atom is -0.456 e. The molecule has 0 radical (unpaired) electrons. The fourth-order valence-electron chi connectivity index (χ4n) is 10.2. The van der Waals surface area contributed by atoms with Crippen LogP contribution in [0.1, 0.15) is 0 Å². The summed E-state index contributed by atoms with van der Waals surface area (Å²) in [6, 6.07) is 74.3. The molecule has 11 aromatic carbocycles.